The first-order valence-electron chi connectivity index (χ1n) is 5.95. The van der Waals surface area contributed by atoms with E-state index in [9.17, 15) is 5.11 Å². The maximum atomic E-state index is 10.1. The molecule has 1 aromatic carbocycles. The third-order valence-corrected chi connectivity index (χ3v) is 4.01. The monoisotopic (exact) mass is 299 g/mol. The normalized spacial score (nSPS) is 18.3. The van der Waals surface area contributed by atoms with Gasteiger partial charge in [0, 0.05) is 16.1 Å². The van der Waals surface area contributed by atoms with E-state index in [1.165, 1.54) is 12.8 Å². The SMILES string of the molecule is COc1cc(Br)cc([C@@H](N)C2CCCC2)c1O. The molecule has 0 radical (unpaired) electrons. The number of halogens is 1. The van der Waals surface area contributed by atoms with E-state index in [1.54, 1.807) is 13.2 Å². The first kappa shape index (κ1) is 12.7. The maximum Gasteiger partial charge on any atom is 0.162 e. The van der Waals surface area contributed by atoms with Crippen LogP contribution < -0.4 is 10.5 Å². The van der Waals surface area contributed by atoms with Crippen LogP contribution in [0.3, 0.4) is 0 Å². The number of benzene rings is 1. The number of phenolic OH excluding ortho intramolecular Hbond substituents is 1. The Bertz CT molecular complexity index is 403. The van der Waals surface area contributed by atoms with E-state index in [1.807, 2.05) is 6.07 Å². The van der Waals surface area contributed by atoms with Crippen LogP contribution in [0, 0.1) is 5.92 Å². The molecule has 1 atom stereocenters. The van der Waals surface area contributed by atoms with Gasteiger partial charge in [-0.3, -0.25) is 0 Å². The Morgan fingerprint density at radius 3 is 2.65 bits per heavy atom. The van der Waals surface area contributed by atoms with Crippen molar-refractivity contribution in [2.45, 2.75) is 31.7 Å². The summed E-state index contributed by atoms with van der Waals surface area (Å²) in [6, 6.07) is 3.53. The minimum atomic E-state index is -0.108. The molecule has 0 amide bonds. The summed E-state index contributed by atoms with van der Waals surface area (Å²) in [7, 11) is 1.55. The first-order valence-corrected chi connectivity index (χ1v) is 6.74. The molecule has 1 aliphatic rings. The molecule has 0 spiro atoms. The second kappa shape index (κ2) is 5.27. The molecular formula is C13H18BrNO2. The van der Waals surface area contributed by atoms with Crippen molar-refractivity contribution in [2.24, 2.45) is 11.7 Å². The van der Waals surface area contributed by atoms with Crippen LogP contribution in [0.4, 0.5) is 0 Å². The summed E-state index contributed by atoms with van der Waals surface area (Å²) >= 11 is 3.42. The van der Waals surface area contributed by atoms with Gasteiger partial charge >= 0.3 is 0 Å². The van der Waals surface area contributed by atoms with E-state index in [2.05, 4.69) is 15.9 Å². The summed E-state index contributed by atoms with van der Waals surface area (Å²) < 4.78 is 6.03. The number of hydrogen-bond acceptors (Lipinski definition) is 3. The number of ether oxygens (including phenoxy) is 1. The van der Waals surface area contributed by atoms with Crippen LogP contribution in [-0.2, 0) is 0 Å². The number of hydrogen-bond donors (Lipinski definition) is 2. The zero-order valence-electron chi connectivity index (χ0n) is 9.95. The molecule has 1 saturated carbocycles. The molecule has 0 aromatic heterocycles. The number of methoxy groups -OCH3 is 1. The number of rotatable bonds is 3. The van der Waals surface area contributed by atoms with Gasteiger partial charge in [0.05, 0.1) is 7.11 Å². The Hall–Kier alpha value is -0.740. The standard InChI is InChI=1S/C13H18BrNO2/c1-17-11-7-9(14)6-10(13(11)16)12(15)8-4-2-3-5-8/h6-8,12,16H,2-5,15H2,1H3/t12-/m0/s1. The van der Waals surface area contributed by atoms with E-state index < -0.39 is 0 Å². The lowest BCUT2D eigenvalue weighted by molar-refractivity contribution is 0.359. The average molecular weight is 300 g/mol. The summed E-state index contributed by atoms with van der Waals surface area (Å²) in [5.41, 5.74) is 7.04. The van der Waals surface area contributed by atoms with Gasteiger partial charge in [-0.15, -0.1) is 0 Å². The predicted molar refractivity (Wildman–Crippen MR) is 71.2 cm³/mol. The van der Waals surface area contributed by atoms with Gasteiger partial charge in [-0.2, -0.15) is 0 Å². The van der Waals surface area contributed by atoms with Gasteiger partial charge < -0.3 is 15.6 Å². The number of nitrogens with two attached hydrogens (primary N) is 1. The second-order valence-corrected chi connectivity index (χ2v) is 5.53. The Balaban J connectivity index is 2.33. The second-order valence-electron chi connectivity index (χ2n) is 4.62. The van der Waals surface area contributed by atoms with Crippen LogP contribution in [-0.4, -0.2) is 12.2 Å². The molecule has 4 heteroatoms. The lowest BCUT2D eigenvalue weighted by Gasteiger charge is -2.21. The molecule has 1 aliphatic carbocycles. The number of aromatic hydroxyl groups is 1. The molecule has 17 heavy (non-hydrogen) atoms. The Morgan fingerprint density at radius 2 is 2.06 bits per heavy atom. The Morgan fingerprint density at radius 1 is 1.41 bits per heavy atom. The third kappa shape index (κ3) is 2.58. The highest BCUT2D eigenvalue weighted by Crippen LogP contribution is 2.42. The van der Waals surface area contributed by atoms with E-state index >= 15 is 0 Å². The molecule has 0 unspecified atom stereocenters. The topological polar surface area (TPSA) is 55.5 Å². The first-order chi connectivity index (χ1) is 8.13. The van der Waals surface area contributed by atoms with Crippen molar-refractivity contribution in [3.05, 3.63) is 22.2 Å². The van der Waals surface area contributed by atoms with Gasteiger partial charge in [0.2, 0.25) is 0 Å². The van der Waals surface area contributed by atoms with Crippen molar-refractivity contribution in [3.63, 3.8) is 0 Å². The van der Waals surface area contributed by atoms with E-state index in [0.29, 0.717) is 11.7 Å². The Labute approximate surface area is 110 Å². The average Bonchev–Trinajstić information content (AvgIpc) is 2.84. The molecule has 1 fully saturated rings. The van der Waals surface area contributed by atoms with Gasteiger partial charge in [0.25, 0.3) is 0 Å². The van der Waals surface area contributed by atoms with Crippen molar-refractivity contribution in [2.75, 3.05) is 7.11 Å². The molecule has 0 saturated heterocycles. The molecule has 2 rings (SSSR count). The van der Waals surface area contributed by atoms with Gasteiger partial charge in [0.15, 0.2) is 11.5 Å². The fourth-order valence-electron chi connectivity index (χ4n) is 2.57. The minimum Gasteiger partial charge on any atom is -0.504 e. The summed E-state index contributed by atoms with van der Waals surface area (Å²) in [6.45, 7) is 0. The lowest BCUT2D eigenvalue weighted by atomic mass is 9.92. The smallest absolute Gasteiger partial charge is 0.162 e. The van der Waals surface area contributed by atoms with Crippen LogP contribution in [0.5, 0.6) is 11.5 Å². The van der Waals surface area contributed by atoms with Crippen LogP contribution in [0.2, 0.25) is 0 Å². The van der Waals surface area contributed by atoms with Crippen LogP contribution in [0.15, 0.2) is 16.6 Å². The molecule has 3 N–H and O–H groups in total. The summed E-state index contributed by atoms with van der Waals surface area (Å²) in [5, 5.41) is 10.1. The molecule has 0 aliphatic heterocycles. The molecule has 94 valence electrons. The zero-order chi connectivity index (χ0) is 12.4. The number of phenols is 1. The summed E-state index contributed by atoms with van der Waals surface area (Å²) in [6.07, 6.45) is 4.78. The van der Waals surface area contributed by atoms with Crippen molar-refractivity contribution in [1.29, 1.82) is 0 Å². The zero-order valence-corrected chi connectivity index (χ0v) is 11.5. The third-order valence-electron chi connectivity index (χ3n) is 3.56. The highest BCUT2D eigenvalue weighted by Gasteiger charge is 2.26. The van der Waals surface area contributed by atoms with Crippen molar-refractivity contribution in [1.82, 2.24) is 0 Å². The molecule has 3 nitrogen and oxygen atoms in total. The quantitative estimate of drug-likeness (QED) is 0.900. The van der Waals surface area contributed by atoms with E-state index in [0.717, 1.165) is 22.9 Å². The largest absolute Gasteiger partial charge is 0.504 e. The van der Waals surface area contributed by atoms with Crippen LogP contribution in [0.1, 0.15) is 37.3 Å². The van der Waals surface area contributed by atoms with Crippen LogP contribution >= 0.6 is 15.9 Å². The summed E-state index contributed by atoms with van der Waals surface area (Å²) in [4.78, 5) is 0. The van der Waals surface area contributed by atoms with E-state index in [-0.39, 0.29) is 11.8 Å². The van der Waals surface area contributed by atoms with Gasteiger partial charge in [-0.05, 0) is 30.9 Å². The van der Waals surface area contributed by atoms with Gasteiger partial charge in [0.1, 0.15) is 0 Å². The fourth-order valence-corrected chi connectivity index (χ4v) is 3.03. The Kier molecular flexibility index (Phi) is 3.94. The van der Waals surface area contributed by atoms with Crippen molar-refractivity contribution in [3.8, 4) is 11.5 Å². The predicted octanol–water partition coefficient (Wildman–Crippen LogP) is 3.35. The summed E-state index contributed by atoms with van der Waals surface area (Å²) in [5.74, 6) is 1.12. The molecular weight excluding hydrogens is 282 g/mol. The van der Waals surface area contributed by atoms with Crippen molar-refractivity contribution < 1.29 is 9.84 Å². The van der Waals surface area contributed by atoms with Crippen molar-refractivity contribution >= 4 is 15.9 Å². The highest BCUT2D eigenvalue weighted by molar-refractivity contribution is 9.10. The minimum absolute atomic E-state index is 0.108. The molecule has 1 aromatic rings. The van der Waals surface area contributed by atoms with Gasteiger partial charge in [-0.25, -0.2) is 0 Å². The highest BCUT2D eigenvalue weighted by atomic mass is 79.9. The molecule has 0 bridgehead atoms. The fraction of sp³-hybridized carbons (Fsp3) is 0.538. The lowest BCUT2D eigenvalue weighted by Crippen LogP contribution is -2.19. The van der Waals surface area contributed by atoms with Gasteiger partial charge in [-0.1, -0.05) is 28.8 Å². The van der Waals surface area contributed by atoms with Crippen LogP contribution in [0.25, 0.3) is 0 Å². The molecule has 0 heterocycles. The maximum absolute atomic E-state index is 10.1. The van der Waals surface area contributed by atoms with E-state index in [4.69, 9.17) is 10.5 Å².